The predicted octanol–water partition coefficient (Wildman–Crippen LogP) is 3.18. The van der Waals surface area contributed by atoms with Crippen molar-refractivity contribution in [3.8, 4) is 5.75 Å². The Morgan fingerprint density at radius 1 is 1.44 bits per heavy atom. The monoisotopic (exact) mass is 287 g/mol. The maximum absolute atomic E-state index is 11.9. The first kappa shape index (κ1) is 13.5. The minimum atomic E-state index is -0.256. The lowest BCUT2D eigenvalue weighted by Gasteiger charge is -2.11. The van der Waals surface area contributed by atoms with Crippen LogP contribution < -0.4 is 5.32 Å². The van der Waals surface area contributed by atoms with Gasteiger partial charge in [0.15, 0.2) is 0 Å². The number of alkyl halides is 1. The van der Waals surface area contributed by atoms with Crippen LogP contribution in [0.15, 0.2) is 18.2 Å². The van der Waals surface area contributed by atoms with E-state index in [2.05, 4.69) is 5.32 Å². The summed E-state index contributed by atoms with van der Waals surface area (Å²) >= 11 is 11.9. The molecule has 0 spiro atoms. The highest BCUT2D eigenvalue weighted by atomic mass is 35.5. The number of rotatable bonds is 3. The fourth-order valence-electron chi connectivity index (χ4n) is 2.22. The molecule has 1 fully saturated rings. The molecule has 1 aromatic rings. The van der Waals surface area contributed by atoms with Gasteiger partial charge in [0.25, 0.3) is 5.91 Å². The number of amides is 1. The van der Waals surface area contributed by atoms with Gasteiger partial charge >= 0.3 is 0 Å². The summed E-state index contributed by atoms with van der Waals surface area (Å²) in [7, 11) is 0. The predicted molar refractivity (Wildman–Crippen MR) is 72.4 cm³/mol. The SMILES string of the molecule is O=C(NCC1CCC(Cl)C1)c1cc(O)ccc1Cl. The fraction of sp³-hybridized carbons (Fsp3) is 0.462. The Balaban J connectivity index is 1.93. The van der Waals surface area contributed by atoms with Crippen LogP contribution in [0.4, 0.5) is 0 Å². The summed E-state index contributed by atoms with van der Waals surface area (Å²) in [4.78, 5) is 11.9. The Bertz CT molecular complexity index is 451. The van der Waals surface area contributed by atoms with E-state index in [1.165, 1.54) is 18.2 Å². The van der Waals surface area contributed by atoms with E-state index in [1.54, 1.807) is 0 Å². The average molecular weight is 288 g/mol. The van der Waals surface area contributed by atoms with Gasteiger partial charge in [-0.05, 0) is 43.4 Å². The highest BCUT2D eigenvalue weighted by Crippen LogP contribution is 2.29. The molecule has 2 rings (SSSR count). The van der Waals surface area contributed by atoms with Crippen LogP contribution in [0.3, 0.4) is 0 Å². The Hall–Kier alpha value is -0.930. The first-order chi connectivity index (χ1) is 8.56. The van der Waals surface area contributed by atoms with E-state index in [4.69, 9.17) is 23.2 Å². The van der Waals surface area contributed by atoms with Gasteiger partial charge in [0, 0.05) is 11.9 Å². The van der Waals surface area contributed by atoms with E-state index >= 15 is 0 Å². The number of benzene rings is 1. The van der Waals surface area contributed by atoms with Crippen LogP contribution in [-0.2, 0) is 0 Å². The normalized spacial score (nSPS) is 23.0. The number of halogens is 2. The van der Waals surface area contributed by atoms with E-state index in [0.717, 1.165) is 19.3 Å². The average Bonchev–Trinajstić information content (AvgIpc) is 2.75. The lowest BCUT2D eigenvalue weighted by Crippen LogP contribution is -2.28. The summed E-state index contributed by atoms with van der Waals surface area (Å²) in [5.41, 5.74) is 0.303. The number of carbonyl (C=O) groups is 1. The number of aromatic hydroxyl groups is 1. The van der Waals surface area contributed by atoms with Crippen molar-refractivity contribution in [2.24, 2.45) is 5.92 Å². The van der Waals surface area contributed by atoms with Crippen molar-refractivity contribution >= 4 is 29.1 Å². The van der Waals surface area contributed by atoms with Gasteiger partial charge in [-0.25, -0.2) is 0 Å². The number of phenolic OH excluding ortho intramolecular Hbond substituents is 1. The van der Waals surface area contributed by atoms with Gasteiger partial charge in [0.1, 0.15) is 5.75 Å². The molecule has 18 heavy (non-hydrogen) atoms. The Morgan fingerprint density at radius 3 is 2.89 bits per heavy atom. The summed E-state index contributed by atoms with van der Waals surface area (Å²) < 4.78 is 0. The van der Waals surface area contributed by atoms with Crippen LogP contribution in [0.5, 0.6) is 5.75 Å². The lowest BCUT2D eigenvalue weighted by molar-refractivity contribution is 0.0947. The van der Waals surface area contributed by atoms with Gasteiger partial charge in [-0.3, -0.25) is 4.79 Å². The molecule has 0 saturated heterocycles. The third-order valence-corrected chi connectivity index (χ3v) is 3.95. The molecule has 0 bridgehead atoms. The quantitative estimate of drug-likeness (QED) is 0.839. The van der Waals surface area contributed by atoms with E-state index in [-0.39, 0.29) is 17.0 Å². The molecule has 0 aliphatic heterocycles. The molecule has 98 valence electrons. The number of phenols is 1. The van der Waals surface area contributed by atoms with Crippen LogP contribution in [0.2, 0.25) is 5.02 Å². The minimum Gasteiger partial charge on any atom is -0.508 e. The number of hydrogen-bond acceptors (Lipinski definition) is 2. The standard InChI is InChI=1S/C13H15Cl2NO2/c14-9-2-1-8(5-9)7-16-13(18)11-6-10(17)3-4-12(11)15/h3-4,6,8-9,17H,1-2,5,7H2,(H,16,18). The molecule has 3 nitrogen and oxygen atoms in total. The van der Waals surface area contributed by atoms with Crippen LogP contribution in [-0.4, -0.2) is 22.9 Å². The molecule has 1 amide bonds. The van der Waals surface area contributed by atoms with Gasteiger partial charge in [-0.2, -0.15) is 0 Å². The van der Waals surface area contributed by atoms with Crippen molar-refractivity contribution in [2.75, 3.05) is 6.54 Å². The smallest absolute Gasteiger partial charge is 0.252 e. The topological polar surface area (TPSA) is 49.3 Å². The van der Waals surface area contributed by atoms with Crippen LogP contribution in [0.25, 0.3) is 0 Å². The first-order valence-electron chi connectivity index (χ1n) is 5.97. The highest BCUT2D eigenvalue weighted by molar-refractivity contribution is 6.33. The van der Waals surface area contributed by atoms with Crippen molar-refractivity contribution in [2.45, 2.75) is 24.6 Å². The van der Waals surface area contributed by atoms with Gasteiger partial charge < -0.3 is 10.4 Å². The van der Waals surface area contributed by atoms with E-state index in [1.807, 2.05) is 0 Å². The molecule has 1 saturated carbocycles. The van der Waals surface area contributed by atoms with Gasteiger partial charge in [0.05, 0.1) is 10.6 Å². The van der Waals surface area contributed by atoms with Crippen LogP contribution in [0.1, 0.15) is 29.6 Å². The first-order valence-corrected chi connectivity index (χ1v) is 6.78. The zero-order chi connectivity index (χ0) is 13.1. The zero-order valence-electron chi connectivity index (χ0n) is 9.83. The van der Waals surface area contributed by atoms with Gasteiger partial charge in [0.2, 0.25) is 0 Å². The molecule has 0 heterocycles. The van der Waals surface area contributed by atoms with Crippen LogP contribution in [0, 0.1) is 5.92 Å². The summed E-state index contributed by atoms with van der Waals surface area (Å²) in [6.07, 6.45) is 2.99. The molecule has 1 aliphatic carbocycles. The molecule has 0 radical (unpaired) electrons. The number of carbonyl (C=O) groups excluding carboxylic acids is 1. The van der Waals surface area contributed by atoms with E-state index in [0.29, 0.717) is 23.0 Å². The molecule has 2 N–H and O–H groups in total. The zero-order valence-corrected chi connectivity index (χ0v) is 11.3. The van der Waals surface area contributed by atoms with E-state index in [9.17, 15) is 9.90 Å². The minimum absolute atomic E-state index is 0.0336. The number of nitrogens with one attached hydrogen (secondary N) is 1. The summed E-state index contributed by atoms with van der Waals surface area (Å²) in [6.45, 7) is 0.605. The Morgan fingerprint density at radius 2 is 2.22 bits per heavy atom. The molecular weight excluding hydrogens is 273 g/mol. The van der Waals surface area contributed by atoms with Gasteiger partial charge in [-0.15, -0.1) is 11.6 Å². The van der Waals surface area contributed by atoms with Crippen molar-refractivity contribution < 1.29 is 9.90 Å². The largest absolute Gasteiger partial charge is 0.508 e. The van der Waals surface area contributed by atoms with E-state index < -0.39 is 0 Å². The molecular formula is C13H15Cl2NO2. The molecule has 1 aliphatic rings. The summed E-state index contributed by atoms with van der Waals surface area (Å²) in [6, 6.07) is 4.33. The maximum atomic E-state index is 11.9. The number of hydrogen-bond donors (Lipinski definition) is 2. The van der Waals surface area contributed by atoms with Crippen molar-refractivity contribution in [1.82, 2.24) is 5.32 Å². The van der Waals surface area contributed by atoms with Crippen LogP contribution >= 0.6 is 23.2 Å². The lowest BCUT2D eigenvalue weighted by atomic mass is 10.1. The second-order valence-electron chi connectivity index (χ2n) is 4.65. The summed E-state index contributed by atoms with van der Waals surface area (Å²) in [5.74, 6) is 0.215. The molecule has 2 unspecified atom stereocenters. The molecule has 2 atom stereocenters. The van der Waals surface area contributed by atoms with Crippen molar-refractivity contribution in [3.63, 3.8) is 0 Å². The third-order valence-electron chi connectivity index (χ3n) is 3.22. The van der Waals surface area contributed by atoms with Crippen molar-refractivity contribution in [1.29, 1.82) is 0 Å². The maximum Gasteiger partial charge on any atom is 0.252 e. The highest BCUT2D eigenvalue weighted by Gasteiger charge is 2.23. The Labute approximate surface area is 116 Å². The second kappa shape index (κ2) is 5.81. The Kier molecular flexibility index (Phi) is 4.36. The molecule has 5 heteroatoms. The molecule has 0 aromatic heterocycles. The molecule has 1 aromatic carbocycles. The third kappa shape index (κ3) is 3.30. The summed E-state index contributed by atoms with van der Waals surface area (Å²) in [5, 5.41) is 12.8. The van der Waals surface area contributed by atoms with Gasteiger partial charge in [-0.1, -0.05) is 11.6 Å². The van der Waals surface area contributed by atoms with Crippen molar-refractivity contribution in [3.05, 3.63) is 28.8 Å². The second-order valence-corrected chi connectivity index (χ2v) is 5.67. The fourth-order valence-corrected chi connectivity index (χ4v) is 2.80.